The molecule has 2 N–H and O–H groups in total. The van der Waals surface area contributed by atoms with E-state index in [4.69, 9.17) is 36.3 Å². The molecule has 0 amide bonds. The van der Waals surface area contributed by atoms with Crippen molar-refractivity contribution in [2.45, 2.75) is 83.1 Å². The zero-order valence-corrected chi connectivity index (χ0v) is 38.6. The van der Waals surface area contributed by atoms with Gasteiger partial charge >= 0.3 is 0 Å². The SMILES string of the molecule is Cc1c(Cl)ccnc1[C@@H]1CCC[C@H](c2nc3c(COc4ccnc([C@@H]5CCC[C@H](c6nc7c(N8CCN(C)CC8)cccc7[nH]6)N5C)c4C)ccc(N4CCN(C)CC4)c3[nH]2)N1C. The van der Waals surface area contributed by atoms with Gasteiger partial charge in [-0.05, 0) is 116 Å². The molecule has 4 aliphatic heterocycles. The molecule has 332 valence electrons. The summed E-state index contributed by atoms with van der Waals surface area (Å²) in [5, 5.41) is 0.769. The van der Waals surface area contributed by atoms with E-state index < -0.39 is 0 Å². The van der Waals surface area contributed by atoms with Gasteiger partial charge in [0.25, 0.3) is 0 Å². The summed E-state index contributed by atoms with van der Waals surface area (Å²) in [5.74, 6) is 2.90. The van der Waals surface area contributed by atoms with Gasteiger partial charge in [0, 0.05) is 80.9 Å². The van der Waals surface area contributed by atoms with Crippen LogP contribution >= 0.6 is 11.6 Å². The Kier molecular flexibility index (Phi) is 11.8. The van der Waals surface area contributed by atoms with E-state index in [1.54, 1.807) is 0 Å². The molecule has 0 aliphatic carbocycles. The van der Waals surface area contributed by atoms with Gasteiger partial charge in [-0.3, -0.25) is 19.8 Å². The number of hydrogen-bond acceptors (Lipinski definition) is 11. The fourth-order valence-corrected chi connectivity index (χ4v) is 11.0. The molecule has 4 atom stereocenters. The molecule has 14 heteroatoms. The van der Waals surface area contributed by atoms with Gasteiger partial charge in [0.1, 0.15) is 29.5 Å². The number of pyridine rings is 2. The van der Waals surface area contributed by atoms with E-state index in [0.717, 1.165) is 163 Å². The molecular weight excluding hydrogens is 808 g/mol. The number of piperidine rings is 2. The summed E-state index contributed by atoms with van der Waals surface area (Å²) >= 11 is 6.61. The Hall–Kier alpha value is -4.79. The summed E-state index contributed by atoms with van der Waals surface area (Å²) in [6, 6.07) is 15.5. The zero-order valence-electron chi connectivity index (χ0n) is 37.9. The largest absolute Gasteiger partial charge is 0.488 e. The number of nitrogens with one attached hydrogen (secondary N) is 2. The second-order valence-electron chi connectivity index (χ2n) is 18.6. The first-order chi connectivity index (χ1) is 30.6. The van der Waals surface area contributed by atoms with Crippen molar-refractivity contribution in [2.24, 2.45) is 0 Å². The number of ether oxygens (including phenoxy) is 1. The van der Waals surface area contributed by atoms with E-state index in [1.807, 2.05) is 24.5 Å². The number of anilines is 2. The maximum atomic E-state index is 6.81. The molecule has 63 heavy (non-hydrogen) atoms. The highest BCUT2D eigenvalue weighted by atomic mass is 35.5. The number of likely N-dealkylation sites (tertiary alicyclic amines) is 2. The highest BCUT2D eigenvalue weighted by molar-refractivity contribution is 6.31. The smallest absolute Gasteiger partial charge is 0.126 e. The number of halogens is 1. The van der Waals surface area contributed by atoms with Crippen LogP contribution in [-0.2, 0) is 6.61 Å². The first kappa shape index (κ1) is 42.2. The predicted octanol–water partition coefficient (Wildman–Crippen LogP) is 8.38. The Morgan fingerprint density at radius 3 is 1.86 bits per heavy atom. The second kappa shape index (κ2) is 17.6. The lowest BCUT2D eigenvalue weighted by Gasteiger charge is -2.39. The van der Waals surface area contributed by atoms with E-state index >= 15 is 0 Å². The topological polar surface area (TPSA) is 112 Å². The first-order valence-corrected chi connectivity index (χ1v) is 23.5. The van der Waals surface area contributed by atoms with Crippen molar-refractivity contribution in [1.82, 2.24) is 49.5 Å². The van der Waals surface area contributed by atoms with Crippen molar-refractivity contribution >= 4 is 45.0 Å². The maximum Gasteiger partial charge on any atom is 0.126 e. The summed E-state index contributed by atoms with van der Waals surface area (Å²) in [7, 11) is 8.86. The monoisotopic (exact) mass is 870 g/mol. The number of aromatic amines is 2. The molecule has 0 bridgehead atoms. The van der Waals surface area contributed by atoms with Gasteiger partial charge in [-0.1, -0.05) is 23.7 Å². The van der Waals surface area contributed by atoms with Crippen LogP contribution < -0.4 is 14.5 Å². The number of benzene rings is 2. The van der Waals surface area contributed by atoms with Gasteiger partial charge in [0.2, 0.25) is 0 Å². The Morgan fingerprint density at radius 1 is 0.619 bits per heavy atom. The quantitative estimate of drug-likeness (QED) is 0.146. The van der Waals surface area contributed by atoms with Crippen LogP contribution in [0.1, 0.15) is 102 Å². The molecular formula is C49H63ClN12O. The number of likely N-dealkylation sites (N-methyl/N-ethyl adjacent to an activating group) is 2. The van der Waals surface area contributed by atoms with Crippen LogP contribution in [0.15, 0.2) is 54.9 Å². The zero-order chi connectivity index (χ0) is 43.4. The summed E-state index contributed by atoms with van der Waals surface area (Å²) in [5.41, 5.74) is 12.0. The molecule has 4 aliphatic rings. The van der Waals surface area contributed by atoms with Crippen LogP contribution in [0.3, 0.4) is 0 Å². The number of hydrogen-bond donors (Lipinski definition) is 2. The van der Waals surface area contributed by atoms with Gasteiger partial charge < -0.3 is 34.3 Å². The minimum absolute atomic E-state index is 0.116. The normalized spacial score (nSPS) is 23.6. The lowest BCUT2D eigenvalue weighted by Crippen LogP contribution is -2.44. The van der Waals surface area contributed by atoms with Crippen molar-refractivity contribution in [3.05, 3.63) is 99.6 Å². The first-order valence-electron chi connectivity index (χ1n) is 23.1. The van der Waals surface area contributed by atoms with Crippen molar-refractivity contribution in [2.75, 3.05) is 90.3 Å². The standard InChI is InChI=1S/C49H63ClN12O/c1-31-34(50)18-20-51-43(31)36-11-8-15-41(59(36)5)49-54-45-33(16-17-39(47(45)56-49)62-28-24-58(4)25-29-62)30-63-42-19-21-52-44(32(42)2)37-12-9-14-40(60(37)6)48-53-35-10-7-13-38(46(35)55-48)61-26-22-57(3)23-27-61/h7,10,13,16-21,36-37,40-41H,8-9,11-12,14-15,22-30H2,1-6H3,(H,53,55)(H,54,56)/t36-,37-,40+,41+/m0/s1. The third kappa shape index (κ3) is 8.05. The Balaban J connectivity index is 0.910. The molecule has 0 saturated carbocycles. The Bertz CT molecular complexity index is 2570. The summed E-state index contributed by atoms with van der Waals surface area (Å²) in [6.07, 6.45) is 10.1. The number of nitrogens with zero attached hydrogens (tertiary/aromatic N) is 10. The van der Waals surface area contributed by atoms with E-state index in [1.165, 1.54) is 11.4 Å². The van der Waals surface area contributed by atoms with Gasteiger partial charge in [-0.25, -0.2) is 9.97 Å². The summed E-state index contributed by atoms with van der Waals surface area (Å²) in [4.78, 5) is 43.0. The molecule has 4 fully saturated rings. The van der Waals surface area contributed by atoms with E-state index in [2.05, 4.69) is 112 Å². The summed E-state index contributed by atoms with van der Waals surface area (Å²) in [6.45, 7) is 12.8. The number of rotatable bonds is 9. The molecule has 13 nitrogen and oxygen atoms in total. The molecule has 10 rings (SSSR count). The number of piperazine rings is 2. The third-order valence-corrected chi connectivity index (χ3v) is 15.2. The highest BCUT2D eigenvalue weighted by Gasteiger charge is 2.36. The molecule has 6 aromatic rings. The van der Waals surface area contributed by atoms with Crippen molar-refractivity contribution in [1.29, 1.82) is 0 Å². The summed E-state index contributed by atoms with van der Waals surface area (Å²) < 4.78 is 6.81. The minimum atomic E-state index is 0.116. The van der Waals surface area contributed by atoms with Gasteiger partial charge in [0.15, 0.2) is 0 Å². The average Bonchev–Trinajstić information content (AvgIpc) is 3.94. The number of H-pyrrole nitrogens is 2. The fourth-order valence-electron chi connectivity index (χ4n) is 10.9. The highest BCUT2D eigenvalue weighted by Crippen LogP contribution is 2.44. The number of para-hydroxylation sites is 1. The van der Waals surface area contributed by atoms with Crippen LogP contribution in [0, 0.1) is 13.8 Å². The van der Waals surface area contributed by atoms with Crippen LogP contribution in [0.2, 0.25) is 5.02 Å². The molecule has 0 unspecified atom stereocenters. The number of imidazole rings is 2. The van der Waals surface area contributed by atoms with Crippen LogP contribution in [-0.4, -0.2) is 130 Å². The molecule has 0 radical (unpaired) electrons. The molecule has 8 heterocycles. The van der Waals surface area contributed by atoms with Crippen LogP contribution in [0.25, 0.3) is 22.1 Å². The Labute approximate surface area is 376 Å². The van der Waals surface area contributed by atoms with Gasteiger partial charge in [-0.15, -0.1) is 0 Å². The number of aromatic nitrogens is 6. The maximum absolute atomic E-state index is 6.81. The second-order valence-corrected chi connectivity index (χ2v) is 19.0. The van der Waals surface area contributed by atoms with Gasteiger partial charge in [-0.2, -0.15) is 0 Å². The molecule has 4 aromatic heterocycles. The number of fused-ring (bicyclic) bond motifs is 2. The third-order valence-electron chi connectivity index (χ3n) is 14.8. The van der Waals surface area contributed by atoms with E-state index in [0.29, 0.717) is 6.61 Å². The van der Waals surface area contributed by atoms with Crippen LogP contribution in [0.4, 0.5) is 11.4 Å². The molecule has 2 aromatic carbocycles. The van der Waals surface area contributed by atoms with Gasteiger partial charge in [0.05, 0.1) is 63.5 Å². The lowest BCUT2D eigenvalue weighted by molar-refractivity contribution is 0.106. The lowest BCUT2D eigenvalue weighted by atomic mass is 9.91. The van der Waals surface area contributed by atoms with Crippen LogP contribution in [0.5, 0.6) is 5.75 Å². The minimum Gasteiger partial charge on any atom is -0.488 e. The molecule has 0 spiro atoms. The average molecular weight is 872 g/mol. The van der Waals surface area contributed by atoms with Crippen molar-refractivity contribution < 1.29 is 4.74 Å². The Morgan fingerprint density at radius 2 is 1.19 bits per heavy atom. The predicted molar refractivity (Wildman–Crippen MR) is 253 cm³/mol. The van der Waals surface area contributed by atoms with Crippen molar-refractivity contribution in [3.63, 3.8) is 0 Å². The van der Waals surface area contributed by atoms with E-state index in [-0.39, 0.29) is 24.2 Å². The van der Waals surface area contributed by atoms with Crippen molar-refractivity contribution in [3.8, 4) is 5.75 Å². The fraction of sp³-hybridized carbons (Fsp3) is 0.510. The van der Waals surface area contributed by atoms with E-state index in [9.17, 15) is 0 Å². The molecule has 4 saturated heterocycles.